The molecular formula is C22H25N3O3S3. The van der Waals surface area contributed by atoms with Gasteiger partial charge in [0.05, 0.1) is 10.5 Å². The van der Waals surface area contributed by atoms with Gasteiger partial charge in [-0.2, -0.15) is 0 Å². The summed E-state index contributed by atoms with van der Waals surface area (Å²) in [6, 6.07) is 14.7. The van der Waals surface area contributed by atoms with Crippen molar-refractivity contribution >= 4 is 49.9 Å². The molecule has 0 bridgehead atoms. The molecule has 0 radical (unpaired) electrons. The maximum atomic E-state index is 11.9. The molecule has 2 heterocycles. The van der Waals surface area contributed by atoms with E-state index in [1.165, 1.54) is 11.8 Å². The average Bonchev–Trinajstić information content (AvgIpc) is 3.05. The van der Waals surface area contributed by atoms with Crippen LogP contribution in [-0.2, 0) is 21.2 Å². The van der Waals surface area contributed by atoms with Crippen LogP contribution in [0.5, 0.6) is 0 Å². The van der Waals surface area contributed by atoms with Gasteiger partial charge < -0.3 is 10.2 Å². The van der Waals surface area contributed by atoms with Gasteiger partial charge in [-0.15, -0.1) is 0 Å². The lowest BCUT2D eigenvalue weighted by Crippen LogP contribution is -2.41. The molecule has 31 heavy (non-hydrogen) atoms. The van der Waals surface area contributed by atoms with Crippen LogP contribution in [0.25, 0.3) is 11.1 Å². The molecule has 2 aromatic rings. The lowest BCUT2D eigenvalue weighted by atomic mass is 9.97. The van der Waals surface area contributed by atoms with Crippen LogP contribution in [0.4, 0.5) is 5.69 Å². The van der Waals surface area contributed by atoms with E-state index in [0.717, 1.165) is 27.9 Å². The highest BCUT2D eigenvalue weighted by molar-refractivity contribution is 8.24. The molecule has 2 fully saturated rings. The first-order valence-corrected chi connectivity index (χ1v) is 13.1. The summed E-state index contributed by atoms with van der Waals surface area (Å²) < 4.78 is 23.7. The number of sulfonamides is 1. The van der Waals surface area contributed by atoms with E-state index >= 15 is 0 Å². The van der Waals surface area contributed by atoms with Gasteiger partial charge in [-0.1, -0.05) is 54.3 Å². The first-order valence-electron chi connectivity index (χ1n) is 10.2. The number of hydrogen-bond donors (Lipinski definition) is 2. The summed E-state index contributed by atoms with van der Waals surface area (Å²) in [5.74, 6) is -0.0152. The Hall–Kier alpha value is -1.94. The summed E-state index contributed by atoms with van der Waals surface area (Å²) in [7, 11) is -3.46. The van der Waals surface area contributed by atoms with Crippen LogP contribution in [0.1, 0.15) is 24.0 Å². The quantitative estimate of drug-likeness (QED) is 0.646. The van der Waals surface area contributed by atoms with Gasteiger partial charge in [0.1, 0.15) is 4.32 Å². The second-order valence-electron chi connectivity index (χ2n) is 8.06. The minimum absolute atomic E-state index is 0.0152. The van der Waals surface area contributed by atoms with Crippen LogP contribution in [-0.4, -0.2) is 42.2 Å². The smallest absolute Gasteiger partial charge is 0.239 e. The van der Waals surface area contributed by atoms with Gasteiger partial charge in [-0.25, -0.2) is 13.6 Å². The first kappa shape index (κ1) is 22.3. The molecule has 4 rings (SSSR count). The van der Waals surface area contributed by atoms with Gasteiger partial charge in [0, 0.05) is 18.8 Å². The van der Waals surface area contributed by atoms with Gasteiger partial charge in [0.15, 0.2) is 0 Å². The molecule has 0 spiro atoms. The third-order valence-electron chi connectivity index (χ3n) is 5.93. The molecule has 3 N–H and O–H groups in total. The average molecular weight is 476 g/mol. The molecule has 2 saturated heterocycles. The van der Waals surface area contributed by atoms with Gasteiger partial charge in [0.25, 0.3) is 0 Å². The summed E-state index contributed by atoms with van der Waals surface area (Å²) in [6.07, 6.45) is 1.77. The normalized spacial score (nSPS) is 20.2. The lowest BCUT2D eigenvalue weighted by molar-refractivity contribution is -0.118. The van der Waals surface area contributed by atoms with Crippen molar-refractivity contribution in [3.63, 3.8) is 0 Å². The number of nitrogens with zero attached hydrogens (tertiary/aromatic N) is 1. The fourth-order valence-electron chi connectivity index (χ4n) is 4.17. The molecule has 9 heteroatoms. The number of piperidine rings is 1. The highest BCUT2D eigenvalue weighted by atomic mass is 32.2. The minimum atomic E-state index is -3.46. The van der Waals surface area contributed by atoms with Crippen LogP contribution in [0, 0.1) is 6.92 Å². The Morgan fingerprint density at radius 3 is 2.39 bits per heavy atom. The minimum Gasteiger partial charge on any atom is -0.371 e. The number of carbonyl (C=O) groups is 1. The number of benzene rings is 2. The van der Waals surface area contributed by atoms with E-state index in [0.29, 0.717) is 36.7 Å². The van der Waals surface area contributed by atoms with E-state index < -0.39 is 15.3 Å². The second kappa shape index (κ2) is 8.90. The second-order valence-corrected chi connectivity index (χ2v) is 11.8. The van der Waals surface area contributed by atoms with Crippen molar-refractivity contribution in [2.75, 3.05) is 18.0 Å². The van der Waals surface area contributed by atoms with Crippen molar-refractivity contribution in [2.45, 2.75) is 36.7 Å². The molecule has 6 nitrogen and oxygen atoms in total. The number of thiocarbonyl (C=S) groups is 1. The van der Waals surface area contributed by atoms with Gasteiger partial charge in [0.2, 0.25) is 15.9 Å². The molecule has 2 aliphatic heterocycles. The van der Waals surface area contributed by atoms with Crippen LogP contribution >= 0.6 is 24.0 Å². The molecule has 1 unspecified atom stereocenters. The monoisotopic (exact) mass is 475 g/mol. The van der Waals surface area contributed by atoms with E-state index in [-0.39, 0.29) is 11.2 Å². The zero-order chi connectivity index (χ0) is 22.2. The SMILES string of the molecule is Cc1cc(N2CCC(S(N)(=O)=O)CC2)ccc1-c1ccc(CC2SC(=S)NC2=O)cc1. The number of rotatable bonds is 5. The summed E-state index contributed by atoms with van der Waals surface area (Å²) >= 11 is 6.48. The molecule has 0 saturated carbocycles. The summed E-state index contributed by atoms with van der Waals surface area (Å²) in [4.78, 5) is 14.1. The number of nitrogens with two attached hydrogens (primary N) is 1. The van der Waals surface area contributed by atoms with Crippen LogP contribution in [0.15, 0.2) is 42.5 Å². The van der Waals surface area contributed by atoms with E-state index in [1.807, 2.05) is 0 Å². The molecule has 2 aromatic carbocycles. The Kier molecular flexibility index (Phi) is 6.39. The van der Waals surface area contributed by atoms with Crippen LogP contribution in [0.2, 0.25) is 0 Å². The lowest BCUT2D eigenvalue weighted by Gasteiger charge is -2.33. The van der Waals surface area contributed by atoms with E-state index in [1.54, 1.807) is 0 Å². The number of thioether (sulfide) groups is 1. The molecule has 1 amide bonds. The maximum absolute atomic E-state index is 11.9. The van der Waals surface area contributed by atoms with Gasteiger partial charge in [-0.05, 0) is 60.6 Å². The number of primary sulfonamides is 1. The summed E-state index contributed by atoms with van der Waals surface area (Å²) in [5.41, 5.74) is 5.65. The van der Waals surface area contributed by atoms with Crippen molar-refractivity contribution in [1.82, 2.24) is 5.32 Å². The number of aryl methyl sites for hydroxylation is 1. The Morgan fingerprint density at radius 2 is 1.84 bits per heavy atom. The topological polar surface area (TPSA) is 92.5 Å². The maximum Gasteiger partial charge on any atom is 0.239 e. The number of carbonyl (C=O) groups excluding carboxylic acids is 1. The third kappa shape index (κ3) is 5.11. The zero-order valence-corrected chi connectivity index (χ0v) is 19.7. The standard InChI is InChI=1S/C22H25N3O3S3/c1-14-12-17(25-10-8-18(9-11-25)31(23,27)28)6-7-19(14)16-4-2-15(3-5-16)13-20-21(26)24-22(29)30-20/h2-7,12,18,20H,8-11,13H2,1H3,(H2,23,27,28)(H,24,26,29). The predicted octanol–water partition coefficient (Wildman–Crippen LogP) is 2.98. The first-order chi connectivity index (χ1) is 14.7. The van der Waals surface area contributed by atoms with Crippen LogP contribution in [0.3, 0.4) is 0 Å². The summed E-state index contributed by atoms with van der Waals surface area (Å²) in [5, 5.41) is 7.40. The Morgan fingerprint density at radius 1 is 1.16 bits per heavy atom. The van der Waals surface area contributed by atoms with Crippen molar-refractivity contribution in [3.8, 4) is 11.1 Å². The molecule has 0 aromatic heterocycles. The highest BCUT2D eigenvalue weighted by Gasteiger charge is 2.29. The van der Waals surface area contributed by atoms with Gasteiger partial charge >= 0.3 is 0 Å². The van der Waals surface area contributed by atoms with Crippen LogP contribution < -0.4 is 15.4 Å². The zero-order valence-electron chi connectivity index (χ0n) is 17.2. The van der Waals surface area contributed by atoms with E-state index in [2.05, 4.69) is 59.6 Å². The van der Waals surface area contributed by atoms with Crippen molar-refractivity contribution in [1.29, 1.82) is 0 Å². The Balaban J connectivity index is 1.44. The number of anilines is 1. The fraction of sp³-hybridized carbons (Fsp3) is 0.364. The largest absolute Gasteiger partial charge is 0.371 e. The van der Waals surface area contributed by atoms with E-state index in [9.17, 15) is 13.2 Å². The van der Waals surface area contributed by atoms with E-state index in [4.69, 9.17) is 17.4 Å². The molecule has 164 valence electrons. The summed E-state index contributed by atoms with van der Waals surface area (Å²) in [6.45, 7) is 3.46. The number of hydrogen-bond acceptors (Lipinski definition) is 6. The molecular weight excluding hydrogens is 450 g/mol. The fourth-order valence-corrected chi connectivity index (χ4v) is 6.35. The van der Waals surface area contributed by atoms with Crippen molar-refractivity contribution < 1.29 is 13.2 Å². The van der Waals surface area contributed by atoms with Crippen molar-refractivity contribution in [2.24, 2.45) is 5.14 Å². The Bertz CT molecular complexity index is 1110. The molecule has 1 atom stereocenters. The number of amides is 1. The number of nitrogens with one attached hydrogen (secondary N) is 1. The van der Waals surface area contributed by atoms with Crippen molar-refractivity contribution in [3.05, 3.63) is 53.6 Å². The Labute approximate surface area is 192 Å². The predicted molar refractivity (Wildman–Crippen MR) is 131 cm³/mol. The van der Waals surface area contributed by atoms with Gasteiger partial charge in [-0.3, -0.25) is 4.79 Å². The third-order valence-corrected chi connectivity index (χ3v) is 8.71. The molecule has 2 aliphatic rings. The highest BCUT2D eigenvalue weighted by Crippen LogP contribution is 2.30. The molecule has 0 aliphatic carbocycles.